The Morgan fingerprint density at radius 3 is 2.78 bits per heavy atom. The lowest BCUT2D eigenvalue weighted by atomic mass is 10.00. The number of nitrogens with one attached hydrogen (secondary N) is 1. The standard InChI is InChI=1S/C7H16N2/c1-6-3-2-4-7(5-8)9-6/h6-7,9H,2-5,8H2,1H3. The van der Waals surface area contributed by atoms with Crippen molar-refractivity contribution < 1.29 is 0 Å². The highest BCUT2D eigenvalue weighted by molar-refractivity contribution is 4.77. The summed E-state index contributed by atoms with van der Waals surface area (Å²) in [5, 5.41) is 3.44. The summed E-state index contributed by atoms with van der Waals surface area (Å²) in [5.41, 5.74) is 5.50. The van der Waals surface area contributed by atoms with Gasteiger partial charge in [0.25, 0.3) is 0 Å². The van der Waals surface area contributed by atoms with Crippen LogP contribution in [0, 0.1) is 0 Å². The minimum absolute atomic E-state index is 0.591. The Morgan fingerprint density at radius 2 is 2.33 bits per heavy atom. The van der Waals surface area contributed by atoms with Gasteiger partial charge in [-0.15, -0.1) is 0 Å². The number of nitrogens with two attached hydrogens (primary N) is 1. The molecule has 9 heavy (non-hydrogen) atoms. The van der Waals surface area contributed by atoms with Crippen LogP contribution < -0.4 is 11.1 Å². The molecule has 2 atom stereocenters. The molecule has 1 aliphatic rings. The van der Waals surface area contributed by atoms with Gasteiger partial charge in [-0.3, -0.25) is 0 Å². The quantitative estimate of drug-likeness (QED) is 0.539. The predicted octanol–water partition coefficient (Wildman–Crippen LogP) is 0.476. The summed E-state index contributed by atoms with van der Waals surface area (Å²) in [6.45, 7) is 3.02. The first kappa shape index (κ1) is 7.03. The predicted molar refractivity (Wildman–Crippen MR) is 39.3 cm³/mol. The van der Waals surface area contributed by atoms with Crippen LogP contribution in [0.2, 0.25) is 0 Å². The summed E-state index contributed by atoms with van der Waals surface area (Å²) in [4.78, 5) is 0. The summed E-state index contributed by atoms with van der Waals surface area (Å²) in [5.74, 6) is 0. The molecule has 1 heterocycles. The zero-order valence-corrected chi connectivity index (χ0v) is 6.06. The molecular formula is C7H16N2. The van der Waals surface area contributed by atoms with Gasteiger partial charge in [0.1, 0.15) is 0 Å². The first-order chi connectivity index (χ1) is 4.33. The van der Waals surface area contributed by atoms with Crippen molar-refractivity contribution in [1.82, 2.24) is 5.32 Å². The Kier molecular flexibility index (Phi) is 2.49. The normalized spacial score (nSPS) is 36.7. The van der Waals surface area contributed by atoms with Crippen molar-refractivity contribution in [3.05, 3.63) is 0 Å². The molecule has 0 spiro atoms. The molecule has 0 bridgehead atoms. The lowest BCUT2D eigenvalue weighted by Crippen LogP contribution is -2.44. The van der Waals surface area contributed by atoms with Gasteiger partial charge in [0, 0.05) is 18.6 Å². The summed E-state index contributed by atoms with van der Waals surface area (Å²) in [7, 11) is 0. The lowest BCUT2D eigenvalue weighted by Gasteiger charge is -2.27. The van der Waals surface area contributed by atoms with E-state index in [0.29, 0.717) is 12.1 Å². The molecule has 0 saturated carbocycles. The van der Waals surface area contributed by atoms with Crippen LogP contribution in [0.5, 0.6) is 0 Å². The van der Waals surface area contributed by atoms with Gasteiger partial charge in [-0.1, -0.05) is 6.42 Å². The van der Waals surface area contributed by atoms with E-state index in [4.69, 9.17) is 5.73 Å². The van der Waals surface area contributed by atoms with Crippen LogP contribution in [0.1, 0.15) is 26.2 Å². The highest BCUT2D eigenvalue weighted by atomic mass is 15.0. The highest BCUT2D eigenvalue weighted by Gasteiger charge is 2.15. The van der Waals surface area contributed by atoms with Gasteiger partial charge in [0.2, 0.25) is 0 Å². The van der Waals surface area contributed by atoms with Gasteiger partial charge in [-0.2, -0.15) is 0 Å². The zero-order chi connectivity index (χ0) is 6.69. The number of hydrogen-bond donors (Lipinski definition) is 2. The fourth-order valence-corrected chi connectivity index (χ4v) is 1.43. The van der Waals surface area contributed by atoms with E-state index in [1.807, 2.05) is 0 Å². The lowest BCUT2D eigenvalue weighted by molar-refractivity contribution is 0.340. The second-order valence-electron chi connectivity index (χ2n) is 2.93. The largest absolute Gasteiger partial charge is 0.329 e. The molecule has 1 aliphatic heterocycles. The fourth-order valence-electron chi connectivity index (χ4n) is 1.43. The highest BCUT2D eigenvalue weighted by Crippen LogP contribution is 2.10. The first-order valence-electron chi connectivity index (χ1n) is 3.79. The van der Waals surface area contributed by atoms with Gasteiger partial charge in [0.05, 0.1) is 0 Å². The zero-order valence-electron chi connectivity index (χ0n) is 6.06. The third-order valence-corrected chi connectivity index (χ3v) is 1.99. The second kappa shape index (κ2) is 3.18. The van der Waals surface area contributed by atoms with E-state index < -0.39 is 0 Å². The Balaban J connectivity index is 2.23. The average Bonchev–Trinajstić information content (AvgIpc) is 1.88. The molecule has 1 rings (SSSR count). The molecule has 2 heteroatoms. The average molecular weight is 128 g/mol. The van der Waals surface area contributed by atoms with Crippen LogP contribution in [0.4, 0.5) is 0 Å². The van der Waals surface area contributed by atoms with Crippen LogP contribution in [0.15, 0.2) is 0 Å². The van der Waals surface area contributed by atoms with Gasteiger partial charge in [-0.25, -0.2) is 0 Å². The van der Waals surface area contributed by atoms with Crippen LogP contribution >= 0.6 is 0 Å². The van der Waals surface area contributed by atoms with E-state index in [9.17, 15) is 0 Å². The fraction of sp³-hybridized carbons (Fsp3) is 1.00. The molecule has 1 saturated heterocycles. The summed E-state index contributed by atoms with van der Waals surface area (Å²) < 4.78 is 0. The summed E-state index contributed by atoms with van der Waals surface area (Å²) in [6.07, 6.45) is 3.92. The monoisotopic (exact) mass is 128 g/mol. The minimum Gasteiger partial charge on any atom is -0.329 e. The Morgan fingerprint density at radius 1 is 1.56 bits per heavy atom. The maximum atomic E-state index is 5.50. The van der Waals surface area contributed by atoms with Crippen molar-refractivity contribution in [2.45, 2.75) is 38.3 Å². The van der Waals surface area contributed by atoms with E-state index in [1.54, 1.807) is 0 Å². The van der Waals surface area contributed by atoms with Crippen molar-refractivity contribution in [2.24, 2.45) is 5.73 Å². The molecule has 0 radical (unpaired) electrons. The first-order valence-corrected chi connectivity index (χ1v) is 3.79. The van der Waals surface area contributed by atoms with Crippen molar-refractivity contribution in [3.63, 3.8) is 0 Å². The van der Waals surface area contributed by atoms with Crippen molar-refractivity contribution >= 4 is 0 Å². The van der Waals surface area contributed by atoms with E-state index in [2.05, 4.69) is 12.2 Å². The Bertz CT molecular complexity index is 83.0. The van der Waals surface area contributed by atoms with E-state index in [0.717, 1.165) is 6.54 Å². The third kappa shape index (κ3) is 1.95. The molecule has 54 valence electrons. The number of rotatable bonds is 1. The van der Waals surface area contributed by atoms with Crippen LogP contribution in [0.25, 0.3) is 0 Å². The molecule has 0 aromatic heterocycles. The molecule has 0 aliphatic carbocycles. The number of piperidine rings is 1. The second-order valence-corrected chi connectivity index (χ2v) is 2.93. The van der Waals surface area contributed by atoms with Crippen LogP contribution in [0.3, 0.4) is 0 Å². The van der Waals surface area contributed by atoms with Crippen molar-refractivity contribution in [1.29, 1.82) is 0 Å². The number of hydrogen-bond acceptors (Lipinski definition) is 2. The van der Waals surface area contributed by atoms with E-state index in [1.165, 1.54) is 19.3 Å². The smallest absolute Gasteiger partial charge is 0.0192 e. The van der Waals surface area contributed by atoms with E-state index >= 15 is 0 Å². The molecular weight excluding hydrogens is 112 g/mol. The van der Waals surface area contributed by atoms with Crippen LogP contribution in [-0.2, 0) is 0 Å². The SMILES string of the molecule is CC1CCCC(CN)N1. The van der Waals surface area contributed by atoms with E-state index in [-0.39, 0.29) is 0 Å². The van der Waals surface area contributed by atoms with Gasteiger partial charge >= 0.3 is 0 Å². The van der Waals surface area contributed by atoms with Crippen LogP contribution in [-0.4, -0.2) is 18.6 Å². The molecule has 1 fully saturated rings. The summed E-state index contributed by atoms with van der Waals surface area (Å²) >= 11 is 0. The Hall–Kier alpha value is -0.0800. The minimum atomic E-state index is 0.591. The third-order valence-electron chi connectivity index (χ3n) is 1.99. The molecule has 3 N–H and O–H groups in total. The Labute approximate surface area is 56.8 Å². The summed E-state index contributed by atoms with van der Waals surface area (Å²) in [6, 6.07) is 1.28. The van der Waals surface area contributed by atoms with Gasteiger partial charge in [-0.05, 0) is 19.8 Å². The topological polar surface area (TPSA) is 38.0 Å². The maximum absolute atomic E-state index is 5.50. The molecule has 0 aromatic carbocycles. The van der Waals surface area contributed by atoms with Gasteiger partial charge in [0.15, 0.2) is 0 Å². The van der Waals surface area contributed by atoms with Crippen molar-refractivity contribution in [2.75, 3.05) is 6.54 Å². The molecule has 2 unspecified atom stereocenters. The van der Waals surface area contributed by atoms with Gasteiger partial charge < -0.3 is 11.1 Å². The molecule has 0 aromatic rings. The molecule has 2 nitrogen and oxygen atoms in total. The molecule has 0 amide bonds. The maximum Gasteiger partial charge on any atom is 0.0192 e. The van der Waals surface area contributed by atoms with Crippen molar-refractivity contribution in [3.8, 4) is 0 Å².